The summed E-state index contributed by atoms with van der Waals surface area (Å²) in [6, 6.07) is 4.48. The van der Waals surface area contributed by atoms with Crippen LogP contribution < -0.4 is 10.1 Å². The van der Waals surface area contributed by atoms with E-state index in [0.717, 1.165) is 12.8 Å². The van der Waals surface area contributed by atoms with Gasteiger partial charge in [-0.15, -0.1) is 0 Å². The van der Waals surface area contributed by atoms with Crippen molar-refractivity contribution in [3.8, 4) is 5.75 Å². The number of amides is 1. The van der Waals surface area contributed by atoms with Crippen molar-refractivity contribution in [2.45, 2.75) is 26.7 Å². The normalized spacial score (nSPS) is 11.7. The van der Waals surface area contributed by atoms with Crippen molar-refractivity contribution in [1.29, 1.82) is 0 Å². The van der Waals surface area contributed by atoms with Crippen LogP contribution >= 0.6 is 0 Å². The van der Waals surface area contributed by atoms with E-state index in [4.69, 9.17) is 9.84 Å². The van der Waals surface area contributed by atoms with E-state index >= 15 is 0 Å². The minimum Gasteiger partial charge on any atom is -0.497 e. The van der Waals surface area contributed by atoms with Gasteiger partial charge in [0, 0.05) is 12.0 Å². The fourth-order valence-corrected chi connectivity index (χ4v) is 1.76. The Morgan fingerprint density at radius 3 is 2.63 bits per heavy atom. The standard InChI is InChI=1S/C14H19NO4/c1-4-5-9(2)13(16)15-12-8-10(19-3)6-7-11(12)14(17)18/h6-9H,4-5H2,1-3H3,(H,15,16)(H,17,18). The maximum atomic E-state index is 11.9. The predicted molar refractivity (Wildman–Crippen MR) is 72.7 cm³/mol. The highest BCUT2D eigenvalue weighted by molar-refractivity contribution is 6.01. The van der Waals surface area contributed by atoms with Gasteiger partial charge in [-0.05, 0) is 18.6 Å². The molecule has 0 aliphatic heterocycles. The lowest BCUT2D eigenvalue weighted by molar-refractivity contribution is -0.119. The highest BCUT2D eigenvalue weighted by Gasteiger charge is 2.17. The number of carboxylic acid groups (broad SMARTS) is 1. The number of carbonyl (C=O) groups is 2. The Kier molecular flexibility index (Phi) is 5.36. The molecule has 1 aromatic carbocycles. The van der Waals surface area contributed by atoms with Crippen molar-refractivity contribution in [2.24, 2.45) is 5.92 Å². The van der Waals surface area contributed by atoms with Crippen LogP contribution in [0.4, 0.5) is 5.69 Å². The zero-order valence-electron chi connectivity index (χ0n) is 11.4. The lowest BCUT2D eigenvalue weighted by atomic mass is 10.0. The summed E-state index contributed by atoms with van der Waals surface area (Å²) in [4.78, 5) is 23.0. The van der Waals surface area contributed by atoms with Crippen LogP contribution in [0, 0.1) is 5.92 Å². The van der Waals surface area contributed by atoms with Gasteiger partial charge >= 0.3 is 5.97 Å². The lowest BCUT2D eigenvalue weighted by Crippen LogP contribution is -2.21. The quantitative estimate of drug-likeness (QED) is 0.829. The molecule has 5 heteroatoms. The van der Waals surface area contributed by atoms with Crippen LogP contribution in [0.2, 0.25) is 0 Å². The zero-order valence-corrected chi connectivity index (χ0v) is 11.4. The van der Waals surface area contributed by atoms with Crippen molar-refractivity contribution in [1.82, 2.24) is 0 Å². The van der Waals surface area contributed by atoms with Crippen molar-refractivity contribution < 1.29 is 19.4 Å². The van der Waals surface area contributed by atoms with Gasteiger partial charge in [-0.25, -0.2) is 4.79 Å². The molecule has 1 atom stereocenters. The average Bonchev–Trinajstić information content (AvgIpc) is 2.38. The fraction of sp³-hybridized carbons (Fsp3) is 0.429. The van der Waals surface area contributed by atoms with Crippen molar-refractivity contribution in [2.75, 3.05) is 12.4 Å². The summed E-state index contributed by atoms with van der Waals surface area (Å²) in [7, 11) is 1.49. The molecular weight excluding hydrogens is 246 g/mol. The molecule has 1 rings (SSSR count). The van der Waals surface area contributed by atoms with E-state index < -0.39 is 5.97 Å². The number of methoxy groups -OCH3 is 1. The maximum Gasteiger partial charge on any atom is 0.337 e. The monoisotopic (exact) mass is 265 g/mol. The number of anilines is 1. The number of carbonyl (C=O) groups excluding carboxylic acids is 1. The first-order valence-electron chi connectivity index (χ1n) is 6.21. The first kappa shape index (κ1) is 15.0. The SMILES string of the molecule is CCCC(C)C(=O)Nc1cc(OC)ccc1C(=O)O. The van der Waals surface area contributed by atoms with Gasteiger partial charge in [0.2, 0.25) is 5.91 Å². The minimum absolute atomic E-state index is 0.0536. The van der Waals surface area contributed by atoms with Crippen LogP contribution in [0.5, 0.6) is 5.75 Å². The molecule has 0 aliphatic rings. The van der Waals surface area contributed by atoms with Gasteiger partial charge < -0.3 is 15.2 Å². The van der Waals surface area contributed by atoms with E-state index in [-0.39, 0.29) is 23.1 Å². The summed E-state index contributed by atoms with van der Waals surface area (Å²) in [6.45, 7) is 3.82. The van der Waals surface area contributed by atoms with Crippen LogP contribution in [-0.4, -0.2) is 24.1 Å². The Morgan fingerprint density at radius 1 is 1.42 bits per heavy atom. The molecule has 2 N–H and O–H groups in total. The van der Waals surface area contributed by atoms with E-state index in [1.54, 1.807) is 6.07 Å². The molecule has 104 valence electrons. The Bertz CT molecular complexity index is 471. The number of carboxylic acids is 1. The van der Waals surface area contributed by atoms with E-state index in [1.165, 1.54) is 19.2 Å². The molecule has 5 nitrogen and oxygen atoms in total. The first-order valence-corrected chi connectivity index (χ1v) is 6.21. The fourth-order valence-electron chi connectivity index (χ4n) is 1.76. The van der Waals surface area contributed by atoms with Crippen LogP contribution in [0.15, 0.2) is 18.2 Å². The molecule has 0 radical (unpaired) electrons. The summed E-state index contributed by atoms with van der Waals surface area (Å²) < 4.78 is 5.03. The Morgan fingerprint density at radius 2 is 2.11 bits per heavy atom. The van der Waals surface area contributed by atoms with E-state index in [0.29, 0.717) is 5.75 Å². The average molecular weight is 265 g/mol. The van der Waals surface area contributed by atoms with E-state index in [1.807, 2.05) is 13.8 Å². The van der Waals surface area contributed by atoms with Gasteiger partial charge in [0.1, 0.15) is 5.75 Å². The summed E-state index contributed by atoms with van der Waals surface area (Å²) >= 11 is 0. The number of hydrogen-bond acceptors (Lipinski definition) is 3. The summed E-state index contributed by atoms with van der Waals surface area (Å²) in [5.41, 5.74) is 0.317. The molecule has 19 heavy (non-hydrogen) atoms. The van der Waals surface area contributed by atoms with Gasteiger partial charge in [0.05, 0.1) is 18.4 Å². The topological polar surface area (TPSA) is 75.6 Å². The second-order valence-electron chi connectivity index (χ2n) is 4.40. The van der Waals surface area contributed by atoms with E-state index in [2.05, 4.69) is 5.32 Å². The third-order valence-corrected chi connectivity index (χ3v) is 2.88. The molecule has 0 aliphatic carbocycles. The third-order valence-electron chi connectivity index (χ3n) is 2.88. The Balaban J connectivity index is 2.97. The summed E-state index contributed by atoms with van der Waals surface area (Å²) in [6.07, 6.45) is 1.66. The highest BCUT2D eigenvalue weighted by atomic mass is 16.5. The second-order valence-corrected chi connectivity index (χ2v) is 4.40. The van der Waals surface area contributed by atoms with Gasteiger partial charge in [-0.2, -0.15) is 0 Å². The van der Waals surface area contributed by atoms with Crippen LogP contribution in [-0.2, 0) is 4.79 Å². The van der Waals surface area contributed by atoms with Crippen LogP contribution in [0.3, 0.4) is 0 Å². The number of rotatable bonds is 6. The summed E-state index contributed by atoms with van der Waals surface area (Å²) in [5.74, 6) is -0.917. The molecule has 0 fully saturated rings. The zero-order chi connectivity index (χ0) is 14.4. The molecule has 0 aromatic heterocycles. The largest absolute Gasteiger partial charge is 0.497 e. The second kappa shape index (κ2) is 6.78. The molecule has 0 heterocycles. The lowest BCUT2D eigenvalue weighted by Gasteiger charge is -2.13. The highest BCUT2D eigenvalue weighted by Crippen LogP contribution is 2.23. The van der Waals surface area contributed by atoms with Crippen LogP contribution in [0.25, 0.3) is 0 Å². The number of hydrogen-bond donors (Lipinski definition) is 2. The Hall–Kier alpha value is -2.04. The van der Waals surface area contributed by atoms with Crippen molar-refractivity contribution in [3.05, 3.63) is 23.8 Å². The van der Waals surface area contributed by atoms with Crippen LogP contribution in [0.1, 0.15) is 37.0 Å². The van der Waals surface area contributed by atoms with Gasteiger partial charge in [-0.3, -0.25) is 4.79 Å². The molecule has 0 spiro atoms. The molecule has 1 unspecified atom stereocenters. The number of nitrogens with one attached hydrogen (secondary N) is 1. The number of benzene rings is 1. The summed E-state index contributed by atoms with van der Waals surface area (Å²) in [5, 5.41) is 11.7. The molecule has 0 saturated carbocycles. The maximum absolute atomic E-state index is 11.9. The van der Waals surface area contributed by atoms with E-state index in [9.17, 15) is 9.59 Å². The molecule has 1 aromatic rings. The van der Waals surface area contributed by atoms with Crippen molar-refractivity contribution in [3.63, 3.8) is 0 Å². The number of ether oxygens (including phenoxy) is 1. The first-order chi connectivity index (χ1) is 8.99. The third kappa shape index (κ3) is 3.98. The molecule has 1 amide bonds. The molecule has 0 saturated heterocycles. The molecule has 0 bridgehead atoms. The van der Waals surface area contributed by atoms with Crippen molar-refractivity contribution >= 4 is 17.6 Å². The minimum atomic E-state index is -1.08. The van der Waals surface area contributed by atoms with Gasteiger partial charge in [0.25, 0.3) is 0 Å². The van der Waals surface area contributed by atoms with Gasteiger partial charge in [-0.1, -0.05) is 20.3 Å². The molecular formula is C14H19NO4. The Labute approximate surface area is 112 Å². The number of aromatic carboxylic acids is 1. The smallest absolute Gasteiger partial charge is 0.337 e. The van der Waals surface area contributed by atoms with Gasteiger partial charge in [0.15, 0.2) is 0 Å². The predicted octanol–water partition coefficient (Wildman–Crippen LogP) is 2.77.